The maximum absolute atomic E-state index is 13.9. The topological polar surface area (TPSA) is 100 Å². The van der Waals surface area contributed by atoms with E-state index in [4.69, 9.17) is 10.5 Å². The maximum Gasteiger partial charge on any atom is 0.323 e. The van der Waals surface area contributed by atoms with Crippen LogP contribution >= 0.6 is 0 Å². The summed E-state index contributed by atoms with van der Waals surface area (Å²) < 4.78 is 34.0. The lowest BCUT2D eigenvalue weighted by molar-refractivity contribution is 0.0994. The van der Waals surface area contributed by atoms with E-state index in [2.05, 4.69) is 9.97 Å². The van der Waals surface area contributed by atoms with Gasteiger partial charge in [-0.2, -0.15) is 9.97 Å². The molecule has 2 N–H and O–H groups in total. The Hall–Kier alpha value is -3.62. The molecule has 2 aromatic heterocycles. The predicted molar refractivity (Wildman–Crippen MR) is 106 cm³/mol. The fourth-order valence-corrected chi connectivity index (χ4v) is 2.82. The summed E-state index contributed by atoms with van der Waals surface area (Å²) in [5, 5.41) is 0. The third-order valence-corrected chi connectivity index (χ3v) is 4.37. The minimum Gasteiger partial charge on any atom is -0.421 e. The van der Waals surface area contributed by atoms with Gasteiger partial charge in [0.1, 0.15) is 11.5 Å². The molecule has 1 aromatic carbocycles. The van der Waals surface area contributed by atoms with E-state index in [1.165, 1.54) is 6.07 Å². The highest BCUT2D eigenvalue weighted by Crippen LogP contribution is 2.26. The second kappa shape index (κ2) is 8.81. The summed E-state index contributed by atoms with van der Waals surface area (Å²) >= 11 is 0. The fourth-order valence-electron chi connectivity index (χ4n) is 2.82. The summed E-state index contributed by atoms with van der Waals surface area (Å²) in [4.78, 5) is 32.2. The first-order valence-electron chi connectivity index (χ1n) is 9.31. The van der Waals surface area contributed by atoms with Crippen LogP contribution in [-0.4, -0.2) is 20.4 Å². The molecule has 2 heterocycles. The Bertz CT molecular complexity index is 1160. The van der Waals surface area contributed by atoms with Crippen molar-refractivity contribution in [2.75, 3.05) is 0 Å². The number of pyridine rings is 1. The molecule has 3 rings (SSSR count). The van der Waals surface area contributed by atoms with Gasteiger partial charge in [-0.25, -0.2) is 8.78 Å². The zero-order valence-electron chi connectivity index (χ0n) is 16.5. The van der Waals surface area contributed by atoms with Gasteiger partial charge in [0.05, 0.1) is 5.69 Å². The summed E-state index contributed by atoms with van der Waals surface area (Å²) in [6.07, 6.45) is 3.36. The van der Waals surface area contributed by atoms with E-state index in [9.17, 15) is 18.4 Å². The summed E-state index contributed by atoms with van der Waals surface area (Å²) in [5.41, 5.74) is 6.39. The van der Waals surface area contributed by atoms with Crippen molar-refractivity contribution in [1.82, 2.24) is 14.5 Å². The van der Waals surface area contributed by atoms with Crippen LogP contribution in [0.5, 0.6) is 11.8 Å². The smallest absolute Gasteiger partial charge is 0.323 e. The fraction of sp³-hybridized carbons (Fsp3) is 0.238. The SMILES string of the molecule is CCCCn1cc(-c2cc(C(N)=O)nc(Oc3ccc(F)cc3F)n2)cc(C)c1=O. The summed E-state index contributed by atoms with van der Waals surface area (Å²) in [7, 11) is 0. The van der Waals surface area contributed by atoms with Crippen molar-refractivity contribution in [3.8, 4) is 23.0 Å². The van der Waals surface area contributed by atoms with Crippen LogP contribution in [-0.2, 0) is 6.54 Å². The minimum atomic E-state index is -0.950. The van der Waals surface area contributed by atoms with Crippen LogP contribution in [0.25, 0.3) is 11.3 Å². The van der Waals surface area contributed by atoms with Gasteiger partial charge < -0.3 is 15.0 Å². The molecule has 0 aliphatic heterocycles. The highest BCUT2D eigenvalue weighted by Gasteiger charge is 2.15. The number of primary amides is 1. The van der Waals surface area contributed by atoms with E-state index in [1.54, 1.807) is 23.8 Å². The van der Waals surface area contributed by atoms with Crippen molar-refractivity contribution in [3.63, 3.8) is 0 Å². The number of carbonyl (C=O) groups excluding carboxylic acids is 1. The van der Waals surface area contributed by atoms with Gasteiger partial charge in [-0.3, -0.25) is 9.59 Å². The first-order chi connectivity index (χ1) is 14.3. The summed E-state index contributed by atoms with van der Waals surface area (Å²) in [6, 6.07) is 5.40. The number of nitrogens with two attached hydrogens (primary N) is 1. The average Bonchev–Trinajstić information content (AvgIpc) is 2.70. The van der Waals surface area contributed by atoms with Gasteiger partial charge in [0.15, 0.2) is 11.6 Å². The number of ether oxygens (including phenoxy) is 1. The van der Waals surface area contributed by atoms with Crippen LogP contribution in [0.4, 0.5) is 8.78 Å². The number of unbranched alkanes of at least 4 members (excludes halogenated alkanes) is 1. The van der Waals surface area contributed by atoms with Crippen LogP contribution in [0.15, 0.2) is 41.3 Å². The van der Waals surface area contributed by atoms with Crippen LogP contribution in [0.1, 0.15) is 35.8 Å². The molecule has 0 saturated carbocycles. The summed E-state index contributed by atoms with van der Waals surface area (Å²) in [5.74, 6) is -2.86. The number of hydrogen-bond acceptors (Lipinski definition) is 5. The standard InChI is InChI=1S/C21H20F2N4O3/c1-3-4-7-27-11-13(8-12(2)20(27)29)16-10-17(19(24)28)26-21(25-16)30-18-6-5-14(22)9-15(18)23/h5-6,8-11H,3-4,7H2,1-2H3,(H2,24,28). The quantitative estimate of drug-likeness (QED) is 0.637. The molecular formula is C21H20F2N4O3. The molecular weight excluding hydrogens is 394 g/mol. The number of halogens is 2. The van der Waals surface area contributed by atoms with Crippen molar-refractivity contribution in [1.29, 1.82) is 0 Å². The average molecular weight is 414 g/mol. The number of aryl methyl sites for hydroxylation is 2. The lowest BCUT2D eigenvalue weighted by atomic mass is 10.1. The number of rotatable bonds is 7. The molecule has 0 radical (unpaired) electrons. The molecule has 0 saturated heterocycles. The Balaban J connectivity index is 2.08. The first-order valence-corrected chi connectivity index (χ1v) is 9.31. The number of benzene rings is 1. The van der Waals surface area contributed by atoms with Crippen LogP contribution < -0.4 is 16.0 Å². The van der Waals surface area contributed by atoms with Gasteiger partial charge in [-0.15, -0.1) is 0 Å². The zero-order valence-corrected chi connectivity index (χ0v) is 16.5. The van der Waals surface area contributed by atoms with Crippen molar-refractivity contribution >= 4 is 5.91 Å². The number of hydrogen-bond donors (Lipinski definition) is 1. The highest BCUT2D eigenvalue weighted by atomic mass is 19.1. The Morgan fingerprint density at radius 3 is 2.63 bits per heavy atom. The van der Waals surface area contributed by atoms with E-state index in [1.807, 2.05) is 6.92 Å². The maximum atomic E-state index is 13.9. The molecule has 0 fully saturated rings. The lowest BCUT2D eigenvalue weighted by Crippen LogP contribution is -2.22. The molecule has 0 aliphatic rings. The molecule has 0 aliphatic carbocycles. The Morgan fingerprint density at radius 2 is 1.97 bits per heavy atom. The van der Waals surface area contributed by atoms with Gasteiger partial charge in [0.2, 0.25) is 0 Å². The molecule has 0 bridgehead atoms. The van der Waals surface area contributed by atoms with Crippen LogP contribution in [0, 0.1) is 18.6 Å². The van der Waals surface area contributed by atoms with Crippen LogP contribution in [0.3, 0.4) is 0 Å². The largest absolute Gasteiger partial charge is 0.421 e. The Kier molecular flexibility index (Phi) is 6.20. The van der Waals surface area contributed by atoms with Gasteiger partial charge in [-0.1, -0.05) is 13.3 Å². The van der Waals surface area contributed by atoms with E-state index < -0.39 is 17.5 Å². The first kappa shape index (κ1) is 21.1. The summed E-state index contributed by atoms with van der Waals surface area (Å²) in [6.45, 7) is 4.22. The van der Waals surface area contributed by atoms with E-state index in [0.717, 1.165) is 25.0 Å². The van der Waals surface area contributed by atoms with Crippen molar-refractivity contribution in [3.05, 3.63) is 69.8 Å². The third kappa shape index (κ3) is 4.68. The molecule has 30 heavy (non-hydrogen) atoms. The van der Waals surface area contributed by atoms with Crippen molar-refractivity contribution in [2.45, 2.75) is 33.2 Å². The normalized spacial score (nSPS) is 10.8. The molecule has 156 valence electrons. The van der Waals surface area contributed by atoms with Crippen molar-refractivity contribution in [2.24, 2.45) is 5.73 Å². The molecule has 1 amide bonds. The molecule has 0 atom stereocenters. The monoisotopic (exact) mass is 414 g/mol. The van der Waals surface area contributed by atoms with Gasteiger partial charge in [-0.05, 0) is 37.6 Å². The second-order valence-corrected chi connectivity index (χ2v) is 6.73. The number of aromatic nitrogens is 3. The molecule has 0 spiro atoms. The second-order valence-electron chi connectivity index (χ2n) is 6.73. The Labute approximate surface area is 171 Å². The zero-order chi connectivity index (χ0) is 21.8. The molecule has 7 nitrogen and oxygen atoms in total. The van der Waals surface area contributed by atoms with Crippen molar-refractivity contribution < 1.29 is 18.3 Å². The number of nitrogens with zero attached hydrogens (tertiary/aromatic N) is 3. The van der Waals surface area contributed by atoms with E-state index in [0.29, 0.717) is 23.7 Å². The van der Waals surface area contributed by atoms with Gasteiger partial charge in [0.25, 0.3) is 11.5 Å². The van der Waals surface area contributed by atoms with Crippen LogP contribution in [0.2, 0.25) is 0 Å². The Morgan fingerprint density at radius 1 is 1.20 bits per heavy atom. The highest BCUT2D eigenvalue weighted by molar-refractivity contribution is 5.91. The van der Waals surface area contributed by atoms with Gasteiger partial charge >= 0.3 is 6.01 Å². The minimum absolute atomic E-state index is 0.124. The molecule has 0 unspecified atom stereocenters. The lowest BCUT2D eigenvalue weighted by Gasteiger charge is -2.12. The number of amides is 1. The van der Waals surface area contributed by atoms with E-state index >= 15 is 0 Å². The molecule has 9 heteroatoms. The predicted octanol–water partition coefficient (Wildman–Crippen LogP) is 3.58. The molecule has 3 aromatic rings. The number of carbonyl (C=O) groups is 1. The third-order valence-electron chi connectivity index (χ3n) is 4.37. The van der Waals surface area contributed by atoms with Gasteiger partial charge in [0, 0.05) is 29.9 Å². The van der Waals surface area contributed by atoms with E-state index in [-0.39, 0.29) is 28.7 Å².